The van der Waals surface area contributed by atoms with Crippen LogP contribution in [0.1, 0.15) is 22.7 Å². The van der Waals surface area contributed by atoms with Crippen LogP contribution >= 0.6 is 11.6 Å². The third-order valence-electron chi connectivity index (χ3n) is 5.05. The first-order valence-electron chi connectivity index (χ1n) is 9.98. The Morgan fingerprint density at radius 3 is 2.45 bits per heavy atom. The summed E-state index contributed by atoms with van der Waals surface area (Å²) in [6.07, 6.45) is 1.60. The molecule has 0 aliphatic heterocycles. The number of carbonyl (C=O) groups is 1. The van der Waals surface area contributed by atoms with Crippen molar-refractivity contribution in [3.63, 3.8) is 0 Å². The highest BCUT2D eigenvalue weighted by Gasteiger charge is 2.23. The van der Waals surface area contributed by atoms with Crippen LogP contribution in [0.4, 0.5) is 0 Å². The van der Waals surface area contributed by atoms with E-state index in [-0.39, 0.29) is 18.2 Å². The van der Waals surface area contributed by atoms with Crippen LogP contribution in [0.15, 0.2) is 85.1 Å². The number of hydrogen-bond acceptors (Lipinski definition) is 4. The number of nitrogens with zero attached hydrogens (tertiary/aromatic N) is 1. The maximum Gasteiger partial charge on any atom is 0.234 e. The van der Waals surface area contributed by atoms with Gasteiger partial charge in [-0.2, -0.15) is 0 Å². The lowest BCUT2D eigenvalue weighted by atomic mass is 9.96. The zero-order valence-corrected chi connectivity index (χ0v) is 17.5. The molecule has 0 aliphatic rings. The summed E-state index contributed by atoms with van der Waals surface area (Å²) in [5.74, 6) is -0.187. The van der Waals surface area contributed by atoms with E-state index in [2.05, 4.69) is 15.6 Å². The minimum absolute atomic E-state index is 0.00592. The second-order valence-electron chi connectivity index (χ2n) is 7.20. The van der Waals surface area contributed by atoms with Crippen molar-refractivity contribution >= 4 is 28.4 Å². The van der Waals surface area contributed by atoms with E-state index in [0.717, 1.165) is 11.1 Å². The Bertz CT molecular complexity index is 1180. The van der Waals surface area contributed by atoms with Crippen molar-refractivity contribution in [2.24, 2.45) is 0 Å². The van der Waals surface area contributed by atoms with Crippen LogP contribution in [0.2, 0.25) is 5.02 Å². The van der Waals surface area contributed by atoms with Gasteiger partial charge in [0.25, 0.3) is 0 Å². The molecule has 0 aliphatic carbocycles. The lowest BCUT2D eigenvalue weighted by molar-refractivity contribution is -0.120. The first-order chi connectivity index (χ1) is 15.1. The monoisotopic (exact) mass is 431 g/mol. The fraction of sp³-hybridized carbons (Fsp3) is 0.120. The summed E-state index contributed by atoms with van der Waals surface area (Å²) in [6.45, 7) is 0.722. The number of hydrogen-bond donors (Lipinski definition) is 3. The number of rotatable bonds is 7. The van der Waals surface area contributed by atoms with Gasteiger partial charge in [0.1, 0.15) is 11.3 Å². The van der Waals surface area contributed by atoms with Crippen molar-refractivity contribution < 1.29 is 9.90 Å². The predicted octanol–water partition coefficient (Wildman–Crippen LogP) is 4.59. The van der Waals surface area contributed by atoms with E-state index in [9.17, 15) is 9.90 Å². The first-order valence-corrected chi connectivity index (χ1v) is 10.4. The molecule has 3 N–H and O–H groups in total. The number of halogens is 1. The number of amides is 1. The van der Waals surface area contributed by atoms with Gasteiger partial charge in [-0.15, -0.1) is 0 Å². The first kappa shape index (κ1) is 20.8. The molecule has 0 bridgehead atoms. The summed E-state index contributed by atoms with van der Waals surface area (Å²) in [4.78, 5) is 17.0. The number of aromatic hydroxyl groups is 1. The molecule has 6 heteroatoms. The highest BCUT2D eigenvalue weighted by atomic mass is 35.5. The van der Waals surface area contributed by atoms with Gasteiger partial charge in [-0.3, -0.25) is 9.78 Å². The normalized spacial score (nSPS) is 11.9. The van der Waals surface area contributed by atoms with Gasteiger partial charge in [-0.25, -0.2) is 0 Å². The zero-order valence-electron chi connectivity index (χ0n) is 16.8. The average Bonchev–Trinajstić information content (AvgIpc) is 2.81. The highest BCUT2D eigenvalue weighted by Crippen LogP contribution is 2.38. The van der Waals surface area contributed by atoms with E-state index in [0.29, 0.717) is 28.0 Å². The number of phenolic OH excluding ortho intramolecular Hbond substituents is 1. The SMILES string of the molecule is O=C(CNCc1ccccc1)NC(c1ccccc1)c1cc(Cl)c2cccnc2c1O. The largest absolute Gasteiger partial charge is 0.505 e. The van der Waals surface area contributed by atoms with Gasteiger partial charge >= 0.3 is 0 Å². The van der Waals surface area contributed by atoms with Crippen molar-refractivity contribution in [1.82, 2.24) is 15.6 Å². The minimum atomic E-state index is -0.573. The van der Waals surface area contributed by atoms with Gasteiger partial charge in [0.2, 0.25) is 5.91 Å². The van der Waals surface area contributed by atoms with Gasteiger partial charge in [0.15, 0.2) is 0 Å². The van der Waals surface area contributed by atoms with E-state index < -0.39 is 6.04 Å². The third-order valence-corrected chi connectivity index (χ3v) is 5.36. The van der Waals surface area contributed by atoms with Crippen LogP contribution in [0.5, 0.6) is 5.75 Å². The van der Waals surface area contributed by atoms with Gasteiger partial charge in [-0.1, -0.05) is 72.3 Å². The molecular formula is C25H22ClN3O2. The molecule has 1 unspecified atom stereocenters. The molecule has 4 rings (SSSR count). The fourth-order valence-electron chi connectivity index (χ4n) is 3.54. The Morgan fingerprint density at radius 2 is 1.71 bits per heavy atom. The predicted molar refractivity (Wildman–Crippen MR) is 123 cm³/mol. The summed E-state index contributed by atoms with van der Waals surface area (Å²) in [6, 6.07) is 24.0. The fourth-order valence-corrected chi connectivity index (χ4v) is 3.81. The molecule has 3 aromatic carbocycles. The van der Waals surface area contributed by atoms with Gasteiger partial charge < -0.3 is 15.7 Å². The number of pyridine rings is 1. The molecule has 0 saturated heterocycles. The van der Waals surface area contributed by atoms with Crippen LogP contribution in [0, 0.1) is 0 Å². The summed E-state index contributed by atoms with van der Waals surface area (Å²) < 4.78 is 0. The number of phenols is 1. The molecule has 4 aromatic rings. The molecular weight excluding hydrogens is 410 g/mol. The van der Waals surface area contributed by atoms with Crippen LogP contribution < -0.4 is 10.6 Å². The van der Waals surface area contributed by atoms with Crippen LogP contribution in [-0.4, -0.2) is 22.5 Å². The van der Waals surface area contributed by atoms with Gasteiger partial charge in [0.05, 0.1) is 17.6 Å². The Hall–Kier alpha value is -3.41. The third kappa shape index (κ3) is 4.85. The Balaban J connectivity index is 1.59. The van der Waals surface area contributed by atoms with Crippen molar-refractivity contribution in [1.29, 1.82) is 0 Å². The second kappa shape index (κ2) is 9.60. The van der Waals surface area contributed by atoms with Crippen molar-refractivity contribution in [2.75, 3.05) is 6.54 Å². The summed E-state index contributed by atoms with van der Waals surface area (Å²) in [5, 5.41) is 18.3. The molecule has 0 fully saturated rings. The maximum atomic E-state index is 12.7. The summed E-state index contributed by atoms with van der Waals surface area (Å²) in [7, 11) is 0. The number of nitrogens with one attached hydrogen (secondary N) is 2. The lowest BCUT2D eigenvalue weighted by Gasteiger charge is -2.22. The second-order valence-corrected chi connectivity index (χ2v) is 7.60. The molecule has 0 saturated carbocycles. The van der Waals surface area contributed by atoms with Gasteiger partial charge in [0, 0.05) is 23.7 Å². The van der Waals surface area contributed by atoms with Crippen LogP contribution in [0.3, 0.4) is 0 Å². The lowest BCUT2D eigenvalue weighted by Crippen LogP contribution is -2.36. The zero-order chi connectivity index (χ0) is 21.6. The molecule has 31 heavy (non-hydrogen) atoms. The maximum absolute atomic E-state index is 12.7. The number of fused-ring (bicyclic) bond motifs is 1. The molecule has 1 amide bonds. The molecule has 0 spiro atoms. The smallest absolute Gasteiger partial charge is 0.234 e. The number of benzene rings is 3. The molecule has 1 atom stereocenters. The van der Waals surface area contributed by atoms with E-state index in [1.165, 1.54) is 0 Å². The number of aromatic nitrogens is 1. The van der Waals surface area contributed by atoms with Crippen molar-refractivity contribution in [3.8, 4) is 5.75 Å². The quantitative estimate of drug-likeness (QED) is 0.400. The molecule has 1 aromatic heterocycles. The summed E-state index contributed by atoms with van der Waals surface area (Å²) >= 11 is 6.48. The van der Waals surface area contributed by atoms with Crippen molar-refractivity contribution in [2.45, 2.75) is 12.6 Å². The Kier molecular flexibility index (Phi) is 6.46. The number of carbonyl (C=O) groups excluding carboxylic acids is 1. The molecule has 156 valence electrons. The standard InChI is InChI=1S/C25H22ClN3O2/c26-21-14-20(25(31)24-19(21)12-7-13-28-24)23(18-10-5-2-6-11-18)29-22(30)16-27-15-17-8-3-1-4-9-17/h1-14,23,27,31H,15-16H2,(H,29,30). The molecule has 5 nitrogen and oxygen atoms in total. The van der Waals surface area contributed by atoms with Crippen LogP contribution in [0.25, 0.3) is 10.9 Å². The van der Waals surface area contributed by atoms with Crippen LogP contribution in [-0.2, 0) is 11.3 Å². The average molecular weight is 432 g/mol. The van der Waals surface area contributed by atoms with Crippen molar-refractivity contribution in [3.05, 3.63) is 107 Å². The van der Waals surface area contributed by atoms with E-state index >= 15 is 0 Å². The van der Waals surface area contributed by atoms with Gasteiger partial charge in [-0.05, 0) is 29.3 Å². The Morgan fingerprint density at radius 1 is 1.00 bits per heavy atom. The highest BCUT2D eigenvalue weighted by molar-refractivity contribution is 6.35. The molecule has 1 heterocycles. The minimum Gasteiger partial charge on any atom is -0.505 e. The summed E-state index contributed by atoms with van der Waals surface area (Å²) in [5.41, 5.74) is 2.83. The topological polar surface area (TPSA) is 74.2 Å². The van der Waals surface area contributed by atoms with E-state index in [1.54, 1.807) is 24.4 Å². The van der Waals surface area contributed by atoms with E-state index in [1.807, 2.05) is 60.7 Å². The molecule has 0 radical (unpaired) electrons. The Labute approximate surface area is 185 Å². The van der Waals surface area contributed by atoms with E-state index in [4.69, 9.17) is 11.6 Å².